The van der Waals surface area contributed by atoms with Gasteiger partial charge in [0.2, 0.25) is 5.91 Å². The van der Waals surface area contributed by atoms with Gasteiger partial charge in [-0.2, -0.15) is 0 Å². The first-order valence-corrected chi connectivity index (χ1v) is 5.87. The zero-order valence-electron chi connectivity index (χ0n) is 10.0. The van der Waals surface area contributed by atoms with Crippen LogP contribution in [0.4, 0.5) is 5.82 Å². The summed E-state index contributed by atoms with van der Waals surface area (Å²) in [5.41, 5.74) is 6.75. The largest absolute Gasteiger partial charge is 0.384 e. The molecule has 0 aromatic carbocycles. The van der Waals surface area contributed by atoms with Gasteiger partial charge in [-0.25, -0.2) is 4.98 Å². The molecule has 5 heteroatoms. The Kier molecular flexibility index (Phi) is 3.58. The summed E-state index contributed by atoms with van der Waals surface area (Å²) in [5.74, 6) is 0.628. The second-order valence-electron chi connectivity index (χ2n) is 4.33. The Morgan fingerprint density at radius 2 is 2.53 bits per heavy atom. The highest BCUT2D eigenvalue weighted by atomic mass is 16.2. The molecule has 1 fully saturated rings. The lowest BCUT2D eigenvalue weighted by molar-refractivity contribution is -0.125. The van der Waals surface area contributed by atoms with Crippen LogP contribution in [0.3, 0.4) is 0 Å². The molecule has 1 aliphatic rings. The third-order valence-electron chi connectivity index (χ3n) is 3.14. The molecule has 0 aliphatic carbocycles. The number of carbonyl (C=O) groups is 1. The van der Waals surface area contributed by atoms with Gasteiger partial charge in [-0.15, -0.1) is 0 Å². The number of nitrogens with one attached hydrogen (secondary N) is 1. The summed E-state index contributed by atoms with van der Waals surface area (Å²) in [5, 5.41) is 2.72. The van der Waals surface area contributed by atoms with Gasteiger partial charge >= 0.3 is 0 Å². The van der Waals surface area contributed by atoms with Gasteiger partial charge < -0.3 is 11.1 Å². The fraction of sp³-hybridized carbons (Fsp3) is 0.500. The molecule has 0 spiro atoms. The number of carbonyl (C=O) groups excluding carboxylic acids is 1. The smallest absolute Gasteiger partial charge is 0.237 e. The Morgan fingerprint density at radius 1 is 1.71 bits per heavy atom. The lowest BCUT2D eigenvalue weighted by Gasteiger charge is -2.22. The molecule has 92 valence electrons. The fourth-order valence-electron chi connectivity index (χ4n) is 2.31. The normalized spacial score (nSPS) is 20.4. The molecular weight excluding hydrogens is 216 g/mol. The van der Waals surface area contributed by atoms with Gasteiger partial charge in [0, 0.05) is 19.8 Å². The van der Waals surface area contributed by atoms with Crippen LogP contribution in [-0.4, -0.2) is 35.4 Å². The van der Waals surface area contributed by atoms with E-state index in [9.17, 15) is 4.79 Å². The molecule has 2 rings (SSSR count). The molecular formula is C12H18N4O. The first-order chi connectivity index (χ1) is 8.20. The fourth-order valence-corrected chi connectivity index (χ4v) is 2.31. The molecule has 5 nitrogen and oxygen atoms in total. The van der Waals surface area contributed by atoms with Crippen LogP contribution in [0.15, 0.2) is 18.3 Å². The van der Waals surface area contributed by atoms with Crippen LogP contribution in [0.1, 0.15) is 18.4 Å². The summed E-state index contributed by atoms with van der Waals surface area (Å²) in [7, 11) is 1.68. The van der Waals surface area contributed by atoms with E-state index in [1.54, 1.807) is 13.2 Å². The summed E-state index contributed by atoms with van der Waals surface area (Å²) < 4.78 is 0. The van der Waals surface area contributed by atoms with E-state index in [1.165, 1.54) is 0 Å². The Balaban J connectivity index is 2.05. The number of likely N-dealkylation sites (N-methyl/N-ethyl adjacent to an activating group) is 1. The molecule has 3 N–H and O–H groups in total. The molecule has 1 saturated heterocycles. The number of amides is 1. The number of nitrogens with two attached hydrogens (primary N) is 1. The van der Waals surface area contributed by atoms with Crippen molar-refractivity contribution >= 4 is 11.7 Å². The van der Waals surface area contributed by atoms with Crippen LogP contribution in [0.25, 0.3) is 0 Å². The SMILES string of the molecule is CNC(=O)C1CCCN1Cc1ccnc(N)c1. The van der Waals surface area contributed by atoms with Crippen molar-refractivity contribution in [2.45, 2.75) is 25.4 Å². The number of hydrogen-bond donors (Lipinski definition) is 2. The number of pyridine rings is 1. The Labute approximate surface area is 101 Å². The second kappa shape index (κ2) is 5.14. The van der Waals surface area contributed by atoms with Gasteiger partial charge in [-0.05, 0) is 37.1 Å². The Bertz CT molecular complexity index is 407. The van der Waals surface area contributed by atoms with E-state index in [0.717, 1.165) is 31.5 Å². The van der Waals surface area contributed by atoms with Gasteiger partial charge in [-0.1, -0.05) is 0 Å². The van der Waals surface area contributed by atoms with E-state index in [-0.39, 0.29) is 11.9 Å². The molecule has 0 bridgehead atoms. The topological polar surface area (TPSA) is 71.2 Å². The zero-order valence-corrected chi connectivity index (χ0v) is 10.0. The third kappa shape index (κ3) is 2.74. The van der Waals surface area contributed by atoms with Gasteiger partial charge in [0.25, 0.3) is 0 Å². The Hall–Kier alpha value is -1.62. The average Bonchev–Trinajstić information content (AvgIpc) is 2.76. The molecule has 0 saturated carbocycles. The first kappa shape index (κ1) is 11.9. The van der Waals surface area contributed by atoms with Gasteiger partial charge in [0.1, 0.15) is 5.82 Å². The maximum atomic E-state index is 11.7. The third-order valence-corrected chi connectivity index (χ3v) is 3.14. The van der Waals surface area contributed by atoms with Crippen LogP contribution in [0.2, 0.25) is 0 Å². The van der Waals surface area contributed by atoms with Gasteiger partial charge in [0.05, 0.1) is 6.04 Å². The molecule has 2 heterocycles. The highest BCUT2D eigenvalue weighted by molar-refractivity contribution is 5.81. The van der Waals surface area contributed by atoms with Crippen molar-refractivity contribution in [3.8, 4) is 0 Å². The summed E-state index contributed by atoms with van der Waals surface area (Å²) >= 11 is 0. The van der Waals surface area contributed by atoms with E-state index < -0.39 is 0 Å². The van der Waals surface area contributed by atoms with E-state index in [0.29, 0.717) is 5.82 Å². The molecule has 1 unspecified atom stereocenters. The monoisotopic (exact) mass is 234 g/mol. The number of hydrogen-bond acceptors (Lipinski definition) is 4. The Morgan fingerprint density at radius 3 is 3.24 bits per heavy atom. The average molecular weight is 234 g/mol. The highest BCUT2D eigenvalue weighted by Gasteiger charge is 2.29. The number of likely N-dealkylation sites (tertiary alicyclic amines) is 1. The molecule has 1 aromatic heterocycles. The molecule has 1 aromatic rings. The maximum Gasteiger partial charge on any atom is 0.237 e. The lowest BCUT2D eigenvalue weighted by atomic mass is 10.2. The minimum atomic E-state index is -0.00519. The number of aromatic nitrogens is 1. The standard InChI is InChI=1S/C12H18N4O/c1-14-12(17)10-3-2-6-16(10)8-9-4-5-15-11(13)7-9/h4-5,7,10H,2-3,6,8H2,1H3,(H2,13,15)(H,14,17). The summed E-state index contributed by atoms with van der Waals surface area (Å²) in [6, 6.07) is 3.80. The molecule has 1 aliphatic heterocycles. The van der Waals surface area contributed by atoms with Crippen molar-refractivity contribution in [2.75, 3.05) is 19.3 Å². The van der Waals surface area contributed by atoms with Crippen molar-refractivity contribution in [1.82, 2.24) is 15.2 Å². The quantitative estimate of drug-likeness (QED) is 0.793. The number of nitrogen functional groups attached to an aromatic ring is 1. The van der Waals surface area contributed by atoms with E-state index in [2.05, 4.69) is 15.2 Å². The van der Waals surface area contributed by atoms with Crippen molar-refractivity contribution < 1.29 is 4.79 Å². The van der Waals surface area contributed by atoms with Crippen molar-refractivity contribution in [3.63, 3.8) is 0 Å². The minimum absolute atomic E-state index is 0.00519. The number of anilines is 1. The molecule has 1 amide bonds. The van der Waals surface area contributed by atoms with Gasteiger partial charge in [0.15, 0.2) is 0 Å². The number of rotatable bonds is 3. The van der Waals surface area contributed by atoms with Crippen LogP contribution in [-0.2, 0) is 11.3 Å². The van der Waals surface area contributed by atoms with E-state index >= 15 is 0 Å². The molecule has 0 radical (unpaired) electrons. The van der Waals surface area contributed by atoms with Crippen molar-refractivity contribution in [3.05, 3.63) is 23.9 Å². The van der Waals surface area contributed by atoms with Crippen LogP contribution in [0, 0.1) is 0 Å². The van der Waals surface area contributed by atoms with Crippen LogP contribution < -0.4 is 11.1 Å². The lowest BCUT2D eigenvalue weighted by Crippen LogP contribution is -2.41. The van der Waals surface area contributed by atoms with Crippen molar-refractivity contribution in [1.29, 1.82) is 0 Å². The van der Waals surface area contributed by atoms with Gasteiger partial charge in [-0.3, -0.25) is 9.69 Å². The van der Waals surface area contributed by atoms with Crippen LogP contribution >= 0.6 is 0 Å². The summed E-state index contributed by atoms with van der Waals surface area (Å²) in [6.45, 7) is 1.71. The molecule has 17 heavy (non-hydrogen) atoms. The van der Waals surface area contributed by atoms with Crippen molar-refractivity contribution in [2.24, 2.45) is 0 Å². The van der Waals surface area contributed by atoms with Crippen LogP contribution in [0.5, 0.6) is 0 Å². The second-order valence-corrected chi connectivity index (χ2v) is 4.33. The van der Waals surface area contributed by atoms with E-state index in [4.69, 9.17) is 5.73 Å². The highest BCUT2D eigenvalue weighted by Crippen LogP contribution is 2.20. The minimum Gasteiger partial charge on any atom is -0.384 e. The summed E-state index contributed by atoms with van der Waals surface area (Å²) in [6.07, 6.45) is 3.70. The number of nitrogens with zero attached hydrogens (tertiary/aromatic N) is 2. The predicted octanol–water partition coefficient (Wildman–Crippen LogP) is 0.374. The zero-order chi connectivity index (χ0) is 12.3. The maximum absolute atomic E-state index is 11.7. The van der Waals surface area contributed by atoms with E-state index in [1.807, 2.05) is 12.1 Å². The summed E-state index contributed by atoms with van der Waals surface area (Å²) in [4.78, 5) is 17.8. The predicted molar refractivity (Wildman–Crippen MR) is 66.1 cm³/mol. The molecule has 1 atom stereocenters. The first-order valence-electron chi connectivity index (χ1n) is 5.87.